The minimum absolute atomic E-state index is 0.00138. The van der Waals surface area contributed by atoms with Crippen molar-refractivity contribution in [2.24, 2.45) is 5.92 Å². The van der Waals surface area contributed by atoms with Crippen molar-refractivity contribution in [3.63, 3.8) is 0 Å². The highest BCUT2D eigenvalue weighted by molar-refractivity contribution is 5.79. The van der Waals surface area contributed by atoms with E-state index < -0.39 is 42.2 Å². The topological polar surface area (TPSA) is 195 Å². The molecule has 63 heavy (non-hydrogen) atoms. The zero-order chi connectivity index (χ0) is 44.6. The number of carbonyl (C=O) groups is 5. The molecule has 0 radical (unpaired) electrons. The highest BCUT2D eigenvalue weighted by Gasteiger charge is 2.40. The largest absolute Gasteiger partial charge is 0.447 e. The molecule has 3 aromatic rings. The lowest BCUT2D eigenvalue weighted by molar-refractivity contribution is -0.178. The molecule has 3 saturated heterocycles. The van der Waals surface area contributed by atoms with Crippen molar-refractivity contribution in [1.29, 1.82) is 0 Å². The van der Waals surface area contributed by atoms with E-state index in [-0.39, 0.29) is 50.8 Å². The normalized spacial score (nSPS) is 19.5. The molecule has 3 N–H and O–H groups in total. The lowest BCUT2D eigenvalue weighted by Gasteiger charge is -2.39. The van der Waals surface area contributed by atoms with Crippen molar-refractivity contribution < 1.29 is 47.7 Å². The quantitative estimate of drug-likeness (QED) is 0.142. The van der Waals surface area contributed by atoms with Gasteiger partial charge in [0, 0.05) is 90.2 Å². The molecule has 0 unspecified atom stereocenters. The molecule has 342 valence electrons. The highest BCUT2D eigenvalue weighted by Crippen LogP contribution is 2.25. The summed E-state index contributed by atoms with van der Waals surface area (Å²) in [6.07, 6.45) is 4.04. The number of aromatic nitrogens is 2. The van der Waals surface area contributed by atoms with Gasteiger partial charge in [0.2, 0.25) is 5.91 Å². The molecule has 2 aromatic carbocycles. The fraction of sp³-hybridized carbons (Fsp3) is 0.556. The summed E-state index contributed by atoms with van der Waals surface area (Å²) >= 11 is 0. The monoisotopic (exact) mass is 874 g/mol. The van der Waals surface area contributed by atoms with E-state index in [1.807, 2.05) is 65.4 Å². The van der Waals surface area contributed by atoms with E-state index >= 15 is 0 Å². The smallest absolute Gasteiger partial charge is 0.410 e. The van der Waals surface area contributed by atoms with Crippen molar-refractivity contribution in [3.05, 3.63) is 90.0 Å². The molecule has 3 fully saturated rings. The first-order valence-corrected chi connectivity index (χ1v) is 21.9. The summed E-state index contributed by atoms with van der Waals surface area (Å²) in [5, 5.41) is 8.69. The Balaban J connectivity index is 0.928. The van der Waals surface area contributed by atoms with Gasteiger partial charge in [0.05, 0.1) is 19.5 Å². The van der Waals surface area contributed by atoms with E-state index in [4.69, 9.17) is 23.7 Å². The fourth-order valence-corrected chi connectivity index (χ4v) is 7.54. The van der Waals surface area contributed by atoms with Gasteiger partial charge in [-0.1, -0.05) is 54.6 Å². The third-order valence-electron chi connectivity index (χ3n) is 11.1. The number of alkyl carbamates (subject to hydrolysis) is 1. The van der Waals surface area contributed by atoms with Crippen LogP contribution in [0.4, 0.5) is 19.2 Å². The van der Waals surface area contributed by atoms with Gasteiger partial charge in [-0.25, -0.2) is 24.2 Å². The Labute approximate surface area is 368 Å². The molecule has 1 aromatic heterocycles. The van der Waals surface area contributed by atoms with Gasteiger partial charge in [0.1, 0.15) is 30.5 Å². The van der Waals surface area contributed by atoms with Crippen LogP contribution in [0.3, 0.4) is 0 Å². The molecular weight excluding hydrogens is 813 g/mol. The molecule has 3 aliphatic rings. The molecule has 4 heterocycles. The number of nitrogens with zero attached hydrogens (tertiary/aromatic N) is 5. The van der Waals surface area contributed by atoms with Crippen LogP contribution in [-0.4, -0.2) is 137 Å². The molecule has 6 amide bonds. The maximum absolute atomic E-state index is 13.6. The average molecular weight is 875 g/mol. The summed E-state index contributed by atoms with van der Waals surface area (Å²) in [6, 6.07) is 16.9. The van der Waals surface area contributed by atoms with Crippen molar-refractivity contribution in [3.8, 4) is 0 Å². The summed E-state index contributed by atoms with van der Waals surface area (Å²) < 4.78 is 31.5. The minimum atomic E-state index is -0.721. The third-order valence-corrected chi connectivity index (χ3v) is 11.1. The van der Waals surface area contributed by atoms with E-state index in [0.717, 1.165) is 29.7 Å². The zero-order valence-electron chi connectivity index (χ0n) is 36.6. The SMILES string of the molecule is CC(C)(C)OC(=O)NCc1ccc(CNC(=O)N2CCN(C(=O)O[C@@H]3CCO[C@H](COC(=O)N4CCC(C(=O)NCCCn5ccnc5)CC4)[C@H]3OCc3ccccc3)CC2)cc1. The predicted molar refractivity (Wildman–Crippen MR) is 230 cm³/mol. The number of hydrogen-bond acceptors (Lipinski definition) is 11. The van der Waals surface area contributed by atoms with Crippen molar-refractivity contribution >= 4 is 30.2 Å². The van der Waals surface area contributed by atoms with Gasteiger partial charge < -0.3 is 58.9 Å². The predicted octanol–water partition coefficient (Wildman–Crippen LogP) is 4.67. The summed E-state index contributed by atoms with van der Waals surface area (Å²) in [7, 11) is 0. The Morgan fingerprint density at radius 1 is 0.778 bits per heavy atom. The zero-order valence-corrected chi connectivity index (χ0v) is 36.6. The molecule has 0 aliphatic carbocycles. The number of aryl methyl sites for hydroxylation is 1. The number of ether oxygens (including phenoxy) is 5. The number of piperazine rings is 1. The number of imidazole rings is 1. The number of likely N-dealkylation sites (tertiary alicyclic amines) is 1. The van der Waals surface area contributed by atoms with E-state index in [9.17, 15) is 24.0 Å². The molecule has 3 aliphatic heterocycles. The number of hydrogen-bond donors (Lipinski definition) is 3. The maximum atomic E-state index is 13.6. The van der Waals surface area contributed by atoms with Crippen molar-refractivity contribution in [2.75, 3.05) is 59.0 Å². The van der Waals surface area contributed by atoms with Crippen LogP contribution in [0.25, 0.3) is 0 Å². The number of rotatable bonds is 15. The molecule has 0 spiro atoms. The second-order valence-corrected chi connectivity index (χ2v) is 17.0. The molecule has 0 bridgehead atoms. The first kappa shape index (κ1) is 46.6. The molecule has 6 rings (SSSR count). The van der Waals surface area contributed by atoms with Gasteiger partial charge in [-0.05, 0) is 56.7 Å². The van der Waals surface area contributed by atoms with Gasteiger partial charge in [-0.2, -0.15) is 0 Å². The highest BCUT2D eigenvalue weighted by atomic mass is 16.6. The summed E-state index contributed by atoms with van der Waals surface area (Å²) in [5.41, 5.74) is 2.14. The van der Waals surface area contributed by atoms with Crippen molar-refractivity contribution in [2.45, 2.75) is 96.6 Å². The number of carbonyl (C=O) groups excluding carboxylic acids is 5. The lowest BCUT2D eigenvalue weighted by Crippen LogP contribution is -2.55. The van der Waals surface area contributed by atoms with E-state index in [1.165, 1.54) is 0 Å². The van der Waals surface area contributed by atoms with Gasteiger partial charge in [0.15, 0.2) is 0 Å². The van der Waals surface area contributed by atoms with Crippen molar-refractivity contribution in [1.82, 2.24) is 40.2 Å². The average Bonchev–Trinajstić information content (AvgIpc) is 3.82. The second-order valence-electron chi connectivity index (χ2n) is 17.0. The third kappa shape index (κ3) is 14.9. The number of benzene rings is 2. The summed E-state index contributed by atoms with van der Waals surface area (Å²) in [5.74, 6) is -0.174. The van der Waals surface area contributed by atoms with Crippen LogP contribution in [0.2, 0.25) is 0 Å². The Bertz CT molecular complexity index is 1910. The fourth-order valence-electron chi connectivity index (χ4n) is 7.54. The van der Waals surface area contributed by atoms with Gasteiger partial charge in [0.25, 0.3) is 0 Å². The molecule has 3 atom stereocenters. The Morgan fingerprint density at radius 2 is 1.44 bits per heavy atom. The first-order valence-electron chi connectivity index (χ1n) is 21.9. The number of piperidine rings is 1. The standard InChI is InChI=1S/C45H62N8O10/c1-45(2,3)63-42(56)49-29-34-12-10-33(11-13-34)28-48-41(55)51-23-25-53(26-24-51)44(58)62-37-16-27-59-38(39(37)60-30-35-8-5-4-6-9-35)31-61-43(57)52-20-14-36(15-21-52)40(54)47-17-7-19-50-22-18-46-32-50/h4-6,8-13,18,22,32,36-39H,7,14-17,19-21,23-31H2,1-3H3,(H,47,54)(H,48,55)(H,49,56)/t37-,38-,39+/m1/s1. The maximum Gasteiger partial charge on any atom is 0.410 e. The van der Waals surface area contributed by atoms with Crippen LogP contribution in [0.15, 0.2) is 73.3 Å². The number of amides is 6. The number of urea groups is 1. The Morgan fingerprint density at radius 3 is 2.11 bits per heavy atom. The summed E-state index contributed by atoms with van der Waals surface area (Å²) in [6.45, 7) is 9.81. The van der Waals surface area contributed by atoms with E-state index in [1.54, 1.807) is 48.0 Å². The van der Waals surface area contributed by atoms with Gasteiger partial charge >= 0.3 is 24.3 Å². The van der Waals surface area contributed by atoms with Gasteiger partial charge in [-0.15, -0.1) is 0 Å². The molecule has 18 nitrogen and oxygen atoms in total. The van der Waals surface area contributed by atoms with Crippen LogP contribution in [0, 0.1) is 5.92 Å². The molecule has 18 heteroatoms. The van der Waals surface area contributed by atoms with Crippen LogP contribution in [0.1, 0.15) is 63.1 Å². The second kappa shape index (κ2) is 23.0. The van der Waals surface area contributed by atoms with Gasteiger partial charge in [-0.3, -0.25) is 4.79 Å². The van der Waals surface area contributed by atoms with Crippen LogP contribution in [-0.2, 0) is 54.7 Å². The van der Waals surface area contributed by atoms with Crippen LogP contribution < -0.4 is 16.0 Å². The lowest BCUT2D eigenvalue weighted by atomic mass is 9.96. The van der Waals surface area contributed by atoms with E-state index in [0.29, 0.717) is 65.1 Å². The van der Waals surface area contributed by atoms with Crippen LogP contribution >= 0.6 is 0 Å². The summed E-state index contributed by atoms with van der Waals surface area (Å²) in [4.78, 5) is 73.5. The Kier molecular flexibility index (Phi) is 17.0. The first-order chi connectivity index (χ1) is 30.4. The van der Waals surface area contributed by atoms with Crippen LogP contribution in [0.5, 0.6) is 0 Å². The Hall–Kier alpha value is -5.88. The minimum Gasteiger partial charge on any atom is -0.447 e. The number of nitrogens with one attached hydrogen (secondary N) is 3. The van der Waals surface area contributed by atoms with E-state index in [2.05, 4.69) is 20.9 Å². The molecular formula is C45H62N8O10. The molecule has 0 saturated carbocycles.